The summed E-state index contributed by atoms with van der Waals surface area (Å²) >= 11 is 2.60. The largest absolute Gasteiger partial charge is 0.374 e. The van der Waals surface area contributed by atoms with Crippen molar-refractivity contribution in [1.29, 1.82) is 0 Å². The molecule has 3 rings (SSSR count). The first kappa shape index (κ1) is 10.6. The molecule has 0 radical (unpaired) electrons. The number of aromatic nitrogens is 3. The number of hydrogen-bond donors (Lipinski definition) is 2. The molecule has 0 spiro atoms. The molecule has 0 saturated carbocycles. The molecule has 6 nitrogen and oxygen atoms in total. The van der Waals surface area contributed by atoms with E-state index in [0.29, 0.717) is 5.13 Å². The van der Waals surface area contributed by atoms with Gasteiger partial charge in [0, 0.05) is 4.88 Å². The summed E-state index contributed by atoms with van der Waals surface area (Å²) in [7, 11) is 0. The fraction of sp³-hybridized carbons (Fsp3) is 0.333. The number of anilines is 2. The fourth-order valence-electron chi connectivity index (χ4n) is 1.72. The van der Waals surface area contributed by atoms with E-state index >= 15 is 0 Å². The van der Waals surface area contributed by atoms with Crippen LogP contribution in [0.5, 0.6) is 0 Å². The zero-order valence-electron chi connectivity index (χ0n) is 8.77. The smallest absolute Gasteiger partial charge is 0.288 e. The van der Waals surface area contributed by atoms with Crippen LogP contribution in [-0.4, -0.2) is 21.1 Å². The summed E-state index contributed by atoms with van der Waals surface area (Å²) in [6.45, 7) is 0. The minimum Gasteiger partial charge on any atom is -0.374 e. The highest BCUT2D eigenvalue weighted by atomic mass is 32.1. The lowest BCUT2D eigenvalue weighted by Gasteiger charge is -1.96. The number of nitrogen functional groups attached to an aromatic ring is 1. The predicted octanol–water partition coefficient (Wildman–Crippen LogP) is 1.32. The van der Waals surface area contributed by atoms with E-state index in [4.69, 9.17) is 5.73 Å². The van der Waals surface area contributed by atoms with Gasteiger partial charge in [-0.15, -0.1) is 21.5 Å². The zero-order valence-corrected chi connectivity index (χ0v) is 10.4. The number of aryl methyl sites for hydroxylation is 2. The molecule has 0 bridgehead atoms. The van der Waals surface area contributed by atoms with Crippen molar-refractivity contribution in [2.45, 2.75) is 19.3 Å². The number of rotatable bonds is 2. The van der Waals surface area contributed by atoms with Crippen molar-refractivity contribution < 1.29 is 4.79 Å². The molecule has 17 heavy (non-hydrogen) atoms. The molecular formula is C9H9N5OS2. The first-order chi connectivity index (χ1) is 8.22. The monoisotopic (exact) mass is 267 g/mol. The number of amides is 1. The van der Waals surface area contributed by atoms with Gasteiger partial charge in [-0.25, -0.2) is 4.98 Å². The average molecular weight is 267 g/mol. The summed E-state index contributed by atoms with van der Waals surface area (Å²) in [5, 5.41) is 11.2. The van der Waals surface area contributed by atoms with Gasteiger partial charge in [0.05, 0.1) is 5.69 Å². The average Bonchev–Trinajstić information content (AvgIpc) is 2.92. The first-order valence-electron chi connectivity index (χ1n) is 5.11. The molecule has 0 aromatic carbocycles. The molecule has 1 aliphatic rings. The summed E-state index contributed by atoms with van der Waals surface area (Å²) in [4.78, 5) is 17.4. The van der Waals surface area contributed by atoms with Gasteiger partial charge in [-0.2, -0.15) is 0 Å². The summed E-state index contributed by atoms with van der Waals surface area (Å²) in [5.74, 6) is -0.299. The topological polar surface area (TPSA) is 93.8 Å². The number of carbonyl (C=O) groups excluding carboxylic acids is 1. The van der Waals surface area contributed by atoms with Crippen LogP contribution in [-0.2, 0) is 12.8 Å². The van der Waals surface area contributed by atoms with Gasteiger partial charge in [0.1, 0.15) is 0 Å². The Labute approximate surface area is 105 Å². The SMILES string of the molecule is Nc1nnc(C(=O)Nc2nc3c(s2)CCC3)s1. The van der Waals surface area contributed by atoms with E-state index in [1.807, 2.05) is 0 Å². The van der Waals surface area contributed by atoms with E-state index in [1.54, 1.807) is 0 Å². The first-order valence-corrected chi connectivity index (χ1v) is 6.74. The maximum Gasteiger partial charge on any atom is 0.288 e. The van der Waals surface area contributed by atoms with E-state index in [9.17, 15) is 4.79 Å². The van der Waals surface area contributed by atoms with Crippen molar-refractivity contribution >= 4 is 38.8 Å². The molecule has 2 aromatic rings. The van der Waals surface area contributed by atoms with Crippen molar-refractivity contribution in [3.05, 3.63) is 15.6 Å². The molecule has 0 saturated heterocycles. The third-order valence-electron chi connectivity index (χ3n) is 2.45. The van der Waals surface area contributed by atoms with Crippen LogP contribution in [0.2, 0.25) is 0 Å². The molecular weight excluding hydrogens is 258 g/mol. The lowest BCUT2D eigenvalue weighted by atomic mass is 10.4. The Bertz CT molecular complexity index is 554. The van der Waals surface area contributed by atoms with E-state index in [0.717, 1.165) is 36.3 Å². The summed E-state index contributed by atoms with van der Waals surface area (Å²) in [6.07, 6.45) is 3.23. The molecule has 0 fully saturated rings. The third-order valence-corrected chi connectivity index (χ3v) is 4.28. The van der Waals surface area contributed by atoms with Crippen LogP contribution in [0, 0.1) is 0 Å². The van der Waals surface area contributed by atoms with Crippen molar-refractivity contribution in [2.24, 2.45) is 0 Å². The van der Waals surface area contributed by atoms with Crippen LogP contribution in [0.25, 0.3) is 0 Å². The number of carbonyl (C=O) groups is 1. The van der Waals surface area contributed by atoms with E-state index in [-0.39, 0.29) is 16.0 Å². The number of nitrogens with one attached hydrogen (secondary N) is 1. The Morgan fingerprint density at radius 2 is 2.18 bits per heavy atom. The molecule has 1 amide bonds. The molecule has 2 heterocycles. The van der Waals surface area contributed by atoms with Crippen molar-refractivity contribution in [3.63, 3.8) is 0 Å². The Balaban J connectivity index is 1.76. The second-order valence-electron chi connectivity index (χ2n) is 3.64. The van der Waals surface area contributed by atoms with E-state index in [2.05, 4.69) is 20.5 Å². The van der Waals surface area contributed by atoms with Crippen LogP contribution in [0.1, 0.15) is 26.8 Å². The maximum atomic E-state index is 11.8. The Morgan fingerprint density at radius 3 is 2.88 bits per heavy atom. The predicted molar refractivity (Wildman–Crippen MR) is 66.4 cm³/mol. The van der Waals surface area contributed by atoms with Crippen LogP contribution in [0.15, 0.2) is 0 Å². The van der Waals surface area contributed by atoms with Crippen LogP contribution in [0.3, 0.4) is 0 Å². The Hall–Kier alpha value is -1.54. The van der Waals surface area contributed by atoms with Crippen LogP contribution in [0.4, 0.5) is 10.3 Å². The van der Waals surface area contributed by atoms with Gasteiger partial charge in [0.2, 0.25) is 10.1 Å². The molecule has 1 aliphatic carbocycles. The van der Waals surface area contributed by atoms with Crippen molar-refractivity contribution in [3.8, 4) is 0 Å². The number of fused-ring (bicyclic) bond motifs is 1. The molecule has 88 valence electrons. The van der Waals surface area contributed by atoms with E-state index in [1.165, 1.54) is 16.2 Å². The quantitative estimate of drug-likeness (QED) is 0.855. The van der Waals surface area contributed by atoms with Gasteiger partial charge < -0.3 is 5.73 Å². The van der Waals surface area contributed by atoms with Gasteiger partial charge >= 0.3 is 0 Å². The molecule has 2 aromatic heterocycles. The van der Waals surface area contributed by atoms with Crippen LogP contribution >= 0.6 is 22.7 Å². The number of nitrogens with zero attached hydrogens (tertiary/aromatic N) is 3. The Kier molecular flexibility index (Phi) is 2.52. The van der Waals surface area contributed by atoms with Crippen molar-refractivity contribution in [1.82, 2.24) is 15.2 Å². The molecule has 0 aliphatic heterocycles. The lowest BCUT2D eigenvalue weighted by molar-refractivity contribution is 0.102. The number of hydrogen-bond acceptors (Lipinski definition) is 7. The zero-order chi connectivity index (χ0) is 11.8. The molecule has 3 N–H and O–H groups in total. The highest BCUT2D eigenvalue weighted by Gasteiger charge is 2.19. The normalized spacial score (nSPS) is 13.6. The van der Waals surface area contributed by atoms with E-state index < -0.39 is 0 Å². The highest BCUT2D eigenvalue weighted by Crippen LogP contribution is 2.30. The highest BCUT2D eigenvalue weighted by molar-refractivity contribution is 7.17. The maximum absolute atomic E-state index is 11.8. The van der Waals surface area contributed by atoms with Gasteiger partial charge in [0.25, 0.3) is 5.91 Å². The second-order valence-corrected chi connectivity index (χ2v) is 5.73. The van der Waals surface area contributed by atoms with Gasteiger partial charge in [-0.05, 0) is 19.3 Å². The number of nitrogens with two attached hydrogens (primary N) is 1. The minimum atomic E-state index is -0.299. The fourth-order valence-corrected chi connectivity index (χ4v) is 3.27. The second kappa shape index (κ2) is 4.04. The number of thiazole rings is 1. The third kappa shape index (κ3) is 2.01. The minimum absolute atomic E-state index is 0.262. The van der Waals surface area contributed by atoms with Crippen LogP contribution < -0.4 is 11.1 Å². The standard InChI is InChI=1S/C9H9N5OS2/c10-8-14-13-7(17-8)6(15)12-9-11-4-2-1-3-5(4)16-9/h1-3H2,(H2,10,14)(H,11,12,15). The molecule has 0 unspecified atom stereocenters. The van der Waals surface area contributed by atoms with Gasteiger partial charge in [0.15, 0.2) is 5.13 Å². The van der Waals surface area contributed by atoms with Gasteiger partial charge in [-0.3, -0.25) is 10.1 Å². The summed E-state index contributed by atoms with van der Waals surface area (Å²) in [6, 6.07) is 0. The lowest BCUT2D eigenvalue weighted by Crippen LogP contribution is -2.11. The van der Waals surface area contributed by atoms with Gasteiger partial charge in [-0.1, -0.05) is 11.3 Å². The summed E-state index contributed by atoms with van der Waals surface area (Å²) in [5.41, 5.74) is 6.53. The Morgan fingerprint density at radius 1 is 1.29 bits per heavy atom. The van der Waals surface area contributed by atoms with Crippen molar-refractivity contribution in [2.75, 3.05) is 11.1 Å². The molecule has 0 atom stereocenters. The molecule has 8 heteroatoms. The summed E-state index contributed by atoms with van der Waals surface area (Å²) < 4.78 is 0.